The van der Waals surface area contributed by atoms with Gasteiger partial charge >= 0.3 is 13.1 Å². The number of hydrazine groups is 2. The number of nitrogens with zero attached hydrogens (tertiary/aromatic N) is 1. The lowest BCUT2D eigenvalue weighted by Crippen LogP contribution is -2.65. The first kappa shape index (κ1) is 33.1. The van der Waals surface area contributed by atoms with Crippen molar-refractivity contribution in [3.8, 4) is 5.75 Å². The van der Waals surface area contributed by atoms with Gasteiger partial charge in [-0.3, -0.25) is 9.80 Å². The summed E-state index contributed by atoms with van der Waals surface area (Å²) in [5, 5.41) is 14.3. The van der Waals surface area contributed by atoms with E-state index in [0.717, 1.165) is 12.8 Å². The van der Waals surface area contributed by atoms with Gasteiger partial charge in [0.2, 0.25) is 15.9 Å². The van der Waals surface area contributed by atoms with Crippen LogP contribution in [0, 0.1) is 17.3 Å². The van der Waals surface area contributed by atoms with Crippen molar-refractivity contribution < 1.29 is 37.2 Å². The van der Waals surface area contributed by atoms with Crippen LogP contribution in [0.4, 0.5) is 5.69 Å². The molecule has 47 heavy (non-hydrogen) atoms. The van der Waals surface area contributed by atoms with Crippen LogP contribution in [0.1, 0.15) is 49.5 Å². The molecule has 4 fully saturated rings. The zero-order valence-electron chi connectivity index (χ0n) is 26.8. The van der Waals surface area contributed by atoms with E-state index in [1.807, 2.05) is 0 Å². The Kier molecular flexibility index (Phi) is 8.68. The first-order chi connectivity index (χ1) is 22.2. The van der Waals surface area contributed by atoms with Gasteiger partial charge in [0.05, 0.1) is 41.9 Å². The highest BCUT2D eigenvalue weighted by atomic mass is 32.2. The predicted octanol–water partition coefficient (Wildman–Crippen LogP) is 1.42. The standard InChI is InChI=1S/C31H41BN6O8S/c1-30(2)19-13-24(30)31(3)25(14-19)45-32(46-31)26(12-18-6-5-7-23(29(40)41)28(18)44-4)35-27(39)17-38-16-21(36-37-38)15-34-47(42,43)22-10-8-20(33)9-11-22/h5-11,16,19,24-26,34,36-37H,12-15,17,33H2,1-4H3,(H,35,39)(H,40,41)/t19-,24-,25+,26-,31-/m0/s1. The minimum Gasteiger partial charge on any atom is -0.496 e. The number of nitrogen functional groups attached to an aromatic ring is 1. The molecule has 14 nitrogen and oxygen atoms in total. The van der Waals surface area contributed by atoms with Crippen molar-refractivity contribution >= 4 is 34.7 Å². The van der Waals surface area contributed by atoms with E-state index >= 15 is 0 Å². The van der Waals surface area contributed by atoms with Crippen molar-refractivity contribution in [1.29, 1.82) is 0 Å². The molecule has 3 aliphatic carbocycles. The van der Waals surface area contributed by atoms with Gasteiger partial charge in [-0.1, -0.05) is 26.0 Å². The SMILES string of the molecule is COc1c(C[C@H](NC(=O)CN2C=C(CNS(=O)(=O)c3ccc(N)cc3)NN2)B2O[C@@H]3C[C@@H]4C[C@@H](C4(C)C)[C@]3(C)O2)cccc1C(=O)O. The predicted molar refractivity (Wildman–Crippen MR) is 173 cm³/mol. The first-order valence-corrected chi connectivity index (χ1v) is 17.1. The van der Waals surface area contributed by atoms with Gasteiger partial charge in [-0.15, -0.1) is 5.53 Å². The number of benzene rings is 2. The molecular formula is C31H41BN6O8S. The maximum absolute atomic E-state index is 13.5. The van der Waals surface area contributed by atoms with Crippen molar-refractivity contribution in [3.63, 3.8) is 0 Å². The number of nitrogens with two attached hydrogens (primary N) is 1. The summed E-state index contributed by atoms with van der Waals surface area (Å²) in [6.45, 7) is 6.45. The number of hydrogen-bond donors (Lipinski definition) is 6. The Morgan fingerprint density at radius 2 is 1.94 bits per heavy atom. The van der Waals surface area contributed by atoms with Gasteiger partial charge in [-0.2, -0.15) is 0 Å². The molecule has 2 heterocycles. The fourth-order valence-corrected chi connectivity index (χ4v) is 8.57. The van der Waals surface area contributed by atoms with E-state index in [1.165, 1.54) is 42.5 Å². The van der Waals surface area contributed by atoms with Crippen molar-refractivity contribution in [2.75, 3.05) is 25.9 Å². The summed E-state index contributed by atoms with van der Waals surface area (Å²) in [6.07, 6.45) is 3.60. The van der Waals surface area contributed by atoms with E-state index in [1.54, 1.807) is 18.3 Å². The van der Waals surface area contributed by atoms with Gasteiger partial charge in [-0.25, -0.2) is 17.9 Å². The maximum atomic E-state index is 13.5. The lowest BCUT2D eigenvalue weighted by molar-refractivity contribution is -0.199. The second-order valence-electron chi connectivity index (χ2n) is 13.4. The molecule has 2 aromatic carbocycles. The molecule has 3 saturated carbocycles. The van der Waals surface area contributed by atoms with Crippen LogP contribution in [0.2, 0.25) is 0 Å². The third-order valence-electron chi connectivity index (χ3n) is 10.2. The number of rotatable bonds is 12. The van der Waals surface area contributed by atoms with Crippen molar-refractivity contribution in [2.45, 2.75) is 62.6 Å². The van der Waals surface area contributed by atoms with E-state index in [9.17, 15) is 23.1 Å². The Morgan fingerprint density at radius 1 is 1.19 bits per heavy atom. The van der Waals surface area contributed by atoms with Crippen molar-refractivity contribution in [3.05, 3.63) is 65.5 Å². The molecule has 0 unspecified atom stereocenters. The topological polar surface area (TPSA) is 194 Å². The largest absolute Gasteiger partial charge is 0.496 e. The number of sulfonamides is 1. The third kappa shape index (κ3) is 6.27. The molecule has 5 aliphatic rings. The summed E-state index contributed by atoms with van der Waals surface area (Å²) in [5.41, 5.74) is 12.5. The minimum atomic E-state index is -3.78. The van der Waals surface area contributed by atoms with E-state index in [2.05, 4.69) is 41.8 Å². The highest BCUT2D eigenvalue weighted by Crippen LogP contribution is 2.65. The fraction of sp³-hybridized carbons (Fsp3) is 0.484. The molecule has 2 aliphatic heterocycles. The van der Waals surface area contributed by atoms with Crippen LogP contribution in [-0.4, -0.2) is 75.4 Å². The highest BCUT2D eigenvalue weighted by molar-refractivity contribution is 7.89. The Labute approximate surface area is 274 Å². The number of para-hydroxylation sites is 1. The van der Waals surface area contributed by atoms with E-state index in [0.29, 0.717) is 28.8 Å². The Morgan fingerprint density at radius 3 is 2.62 bits per heavy atom. The summed E-state index contributed by atoms with van der Waals surface area (Å²) in [6, 6.07) is 10.7. The summed E-state index contributed by atoms with van der Waals surface area (Å²) in [4.78, 5) is 25.5. The average molecular weight is 669 g/mol. The highest BCUT2D eigenvalue weighted by Gasteiger charge is 2.68. The summed E-state index contributed by atoms with van der Waals surface area (Å²) in [7, 11) is -3.15. The summed E-state index contributed by atoms with van der Waals surface area (Å²) >= 11 is 0. The molecule has 7 N–H and O–H groups in total. The molecule has 7 rings (SSSR count). The molecule has 5 atom stereocenters. The molecule has 1 amide bonds. The van der Waals surface area contributed by atoms with Gasteiger partial charge in [0.1, 0.15) is 17.9 Å². The lowest BCUT2D eigenvalue weighted by atomic mass is 9.43. The van der Waals surface area contributed by atoms with Gasteiger partial charge < -0.3 is 35.6 Å². The number of carbonyl (C=O) groups is 2. The third-order valence-corrected chi connectivity index (χ3v) is 11.7. The number of hydrogen-bond acceptors (Lipinski definition) is 11. The Bertz CT molecular complexity index is 1690. The molecule has 2 aromatic rings. The molecule has 16 heteroatoms. The summed E-state index contributed by atoms with van der Waals surface area (Å²) in [5.74, 6) is -1.10. The Balaban J connectivity index is 1.15. The van der Waals surface area contributed by atoms with Crippen LogP contribution in [0.15, 0.2) is 59.3 Å². The minimum absolute atomic E-state index is 0.0172. The molecule has 0 spiro atoms. The van der Waals surface area contributed by atoms with Crippen LogP contribution >= 0.6 is 0 Å². The first-order valence-electron chi connectivity index (χ1n) is 15.6. The molecule has 252 valence electrons. The number of carbonyl (C=O) groups excluding carboxylic acids is 1. The fourth-order valence-electron chi connectivity index (χ4n) is 7.56. The zero-order valence-corrected chi connectivity index (χ0v) is 27.6. The monoisotopic (exact) mass is 668 g/mol. The van der Waals surface area contributed by atoms with Crippen molar-refractivity contribution in [1.82, 2.24) is 26.0 Å². The molecular weight excluding hydrogens is 627 g/mol. The Hall–Kier alpha value is -3.83. The molecule has 1 saturated heterocycles. The number of aromatic carboxylic acids is 1. The second kappa shape index (κ2) is 12.3. The van der Waals surface area contributed by atoms with Gasteiger partial charge in [0, 0.05) is 11.9 Å². The quantitative estimate of drug-likeness (QED) is 0.141. The number of ether oxygens (including phenoxy) is 1. The second-order valence-corrected chi connectivity index (χ2v) is 15.2. The van der Waals surface area contributed by atoms with E-state index in [-0.39, 0.29) is 53.1 Å². The van der Waals surface area contributed by atoms with Crippen LogP contribution < -0.4 is 31.5 Å². The molecule has 0 radical (unpaired) electrons. The smallest absolute Gasteiger partial charge is 0.482 e. The van der Waals surface area contributed by atoms with Crippen LogP contribution in [0.3, 0.4) is 0 Å². The number of anilines is 1. The van der Waals surface area contributed by atoms with Crippen molar-refractivity contribution in [2.24, 2.45) is 17.3 Å². The summed E-state index contributed by atoms with van der Waals surface area (Å²) < 4.78 is 46.6. The maximum Gasteiger partial charge on any atom is 0.482 e. The van der Waals surface area contributed by atoms with E-state index in [4.69, 9.17) is 19.8 Å². The normalized spacial score (nSPS) is 26.5. The lowest BCUT2D eigenvalue weighted by Gasteiger charge is -2.64. The van der Waals surface area contributed by atoms with E-state index < -0.39 is 34.7 Å². The van der Waals surface area contributed by atoms with Crippen LogP contribution in [-0.2, 0) is 30.5 Å². The number of amides is 1. The van der Waals surface area contributed by atoms with Gasteiger partial charge in [-0.05, 0) is 79.3 Å². The zero-order chi connectivity index (χ0) is 33.7. The number of methoxy groups -OCH3 is 1. The van der Waals surface area contributed by atoms with Gasteiger partial charge in [0.15, 0.2) is 0 Å². The molecule has 2 bridgehead atoms. The number of carboxylic acids is 1. The van der Waals surface area contributed by atoms with Crippen LogP contribution in [0.5, 0.6) is 5.75 Å². The van der Waals surface area contributed by atoms with Gasteiger partial charge in [0.25, 0.3) is 0 Å². The number of nitrogens with one attached hydrogen (secondary N) is 4. The molecule has 0 aromatic heterocycles. The van der Waals surface area contributed by atoms with Crippen LogP contribution in [0.25, 0.3) is 0 Å². The number of carboxylic acid groups (broad SMARTS) is 1. The average Bonchev–Trinajstić information content (AvgIpc) is 3.62.